The maximum atomic E-state index is 12.9. The smallest absolute Gasteiger partial charge is 0.200 e. The predicted octanol–water partition coefficient (Wildman–Crippen LogP) is 2.62. The van der Waals surface area contributed by atoms with Crippen molar-refractivity contribution in [2.45, 2.75) is 0 Å². The van der Waals surface area contributed by atoms with Crippen LogP contribution in [-0.4, -0.2) is 52.6 Å². The number of morpholine rings is 2. The van der Waals surface area contributed by atoms with Crippen molar-refractivity contribution in [1.82, 2.24) is 0 Å². The number of benzene rings is 2. The van der Waals surface area contributed by atoms with Crippen molar-refractivity contribution in [1.29, 1.82) is 0 Å². The number of ether oxygens (including phenoxy) is 2. The molecule has 5 rings (SSSR count). The molecule has 2 aliphatic rings. The minimum absolute atomic E-state index is 0.0216. The van der Waals surface area contributed by atoms with Crippen LogP contribution in [-0.2, 0) is 9.47 Å². The molecule has 2 aromatic carbocycles. The van der Waals surface area contributed by atoms with Crippen LogP contribution in [0.4, 0.5) is 11.4 Å². The van der Waals surface area contributed by atoms with Crippen LogP contribution < -0.4 is 15.2 Å². The molecule has 2 fully saturated rings. The largest absolute Gasteiger partial charge is 0.456 e. The van der Waals surface area contributed by atoms with E-state index in [9.17, 15) is 4.79 Å². The van der Waals surface area contributed by atoms with E-state index < -0.39 is 0 Å². The van der Waals surface area contributed by atoms with Gasteiger partial charge in [0, 0.05) is 49.7 Å². The van der Waals surface area contributed by atoms with Crippen LogP contribution in [0.3, 0.4) is 0 Å². The molecule has 0 atom stereocenters. The monoisotopic (exact) mass is 366 g/mol. The average Bonchev–Trinajstić information content (AvgIpc) is 2.74. The molecule has 0 saturated carbocycles. The molecule has 27 heavy (non-hydrogen) atoms. The van der Waals surface area contributed by atoms with E-state index in [4.69, 9.17) is 13.9 Å². The van der Waals surface area contributed by atoms with Gasteiger partial charge in [0.25, 0.3) is 0 Å². The summed E-state index contributed by atoms with van der Waals surface area (Å²) in [7, 11) is 0. The van der Waals surface area contributed by atoms with Crippen LogP contribution in [0.2, 0.25) is 0 Å². The van der Waals surface area contributed by atoms with Crippen molar-refractivity contribution in [2.75, 3.05) is 62.4 Å². The molecule has 6 heteroatoms. The first-order valence-electron chi connectivity index (χ1n) is 9.46. The fourth-order valence-electron chi connectivity index (χ4n) is 3.87. The Morgan fingerprint density at radius 3 is 1.56 bits per heavy atom. The predicted molar refractivity (Wildman–Crippen MR) is 106 cm³/mol. The molecule has 3 aromatic rings. The van der Waals surface area contributed by atoms with Crippen molar-refractivity contribution < 1.29 is 13.9 Å². The van der Waals surface area contributed by atoms with Crippen molar-refractivity contribution in [3.8, 4) is 0 Å². The second-order valence-electron chi connectivity index (χ2n) is 6.99. The van der Waals surface area contributed by atoms with E-state index in [2.05, 4.69) is 9.80 Å². The van der Waals surface area contributed by atoms with Gasteiger partial charge in [0.05, 0.1) is 37.2 Å². The minimum atomic E-state index is 0.0216. The molecule has 0 unspecified atom stereocenters. The second-order valence-corrected chi connectivity index (χ2v) is 6.99. The summed E-state index contributed by atoms with van der Waals surface area (Å²) in [6, 6.07) is 11.7. The Hall–Kier alpha value is -2.57. The molecule has 140 valence electrons. The molecule has 1 aromatic heterocycles. The zero-order valence-electron chi connectivity index (χ0n) is 15.1. The van der Waals surface area contributed by atoms with Crippen LogP contribution in [0.1, 0.15) is 0 Å². The maximum absolute atomic E-state index is 12.9. The number of anilines is 2. The molecule has 0 radical (unpaired) electrons. The number of hydrogen-bond donors (Lipinski definition) is 0. The number of fused-ring (bicyclic) bond motifs is 2. The van der Waals surface area contributed by atoms with E-state index in [1.165, 1.54) is 0 Å². The fourth-order valence-corrected chi connectivity index (χ4v) is 3.87. The van der Waals surface area contributed by atoms with Crippen molar-refractivity contribution in [2.24, 2.45) is 0 Å². The second kappa shape index (κ2) is 6.87. The number of hydrogen-bond acceptors (Lipinski definition) is 6. The lowest BCUT2D eigenvalue weighted by Crippen LogP contribution is -2.36. The van der Waals surface area contributed by atoms with Crippen LogP contribution in [0.5, 0.6) is 0 Å². The summed E-state index contributed by atoms with van der Waals surface area (Å²) in [5.74, 6) is 0. The highest BCUT2D eigenvalue weighted by Gasteiger charge is 2.16. The van der Waals surface area contributed by atoms with E-state index in [1.807, 2.05) is 36.4 Å². The topological polar surface area (TPSA) is 55.2 Å². The Labute approximate surface area is 156 Å². The van der Waals surface area contributed by atoms with Crippen molar-refractivity contribution >= 4 is 33.3 Å². The lowest BCUT2D eigenvalue weighted by molar-refractivity contribution is 0.122. The highest BCUT2D eigenvalue weighted by Crippen LogP contribution is 2.27. The summed E-state index contributed by atoms with van der Waals surface area (Å²) in [5.41, 5.74) is 3.43. The maximum Gasteiger partial charge on any atom is 0.200 e. The van der Waals surface area contributed by atoms with E-state index in [0.29, 0.717) is 21.9 Å². The summed E-state index contributed by atoms with van der Waals surface area (Å²) in [4.78, 5) is 17.5. The van der Waals surface area contributed by atoms with Gasteiger partial charge in [-0.3, -0.25) is 4.79 Å². The van der Waals surface area contributed by atoms with Gasteiger partial charge in [-0.25, -0.2) is 0 Å². The number of nitrogens with zero attached hydrogens (tertiary/aromatic N) is 2. The Balaban J connectivity index is 1.59. The number of rotatable bonds is 2. The standard InChI is InChI=1S/C21H22N2O4/c24-21-17-3-1-15(22-5-9-25-10-6-22)13-19(17)27-20-14-16(2-4-18(20)21)23-7-11-26-12-8-23/h1-4,13-14H,5-12H2. The highest BCUT2D eigenvalue weighted by atomic mass is 16.5. The van der Waals surface area contributed by atoms with Gasteiger partial charge in [0.2, 0.25) is 5.43 Å². The summed E-state index contributed by atoms with van der Waals surface area (Å²) < 4.78 is 17.0. The van der Waals surface area contributed by atoms with E-state index in [-0.39, 0.29) is 5.43 Å². The van der Waals surface area contributed by atoms with E-state index >= 15 is 0 Å². The highest BCUT2D eigenvalue weighted by molar-refractivity contribution is 5.92. The lowest BCUT2D eigenvalue weighted by atomic mass is 10.1. The summed E-state index contributed by atoms with van der Waals surface area (Å²) >= 11 is 0. The van der Waals surface area contributed by atoms with Crippen LogP contribution in [0, 0.1) is 0 Å². The summed E-state index contributed by atoms with van der Waals surface area (Å²) in [6.07, 6.45) is 0. The third kappa shape index (κ3) is 3.05. The summed E-state index contributed by atoms with van der Waals surface area (Å²) in [5, 5.41) is 1.25. The molecular formula is C21H22N2O4. The molecule has 6 nitrogen and oxygen atoms in total. The van der Waals surface area contributed by atoms with Gasteiger partial charge in [-0.1, -0.05) is 0 Å². The molecule has 0 bridgehead atoms. The Morgan fingerprint density at radius 1 is 0.667 bits per heavy atom. The molecule has 0 amide bonds. The van der Waals surface area contributed by atoms with Crippen molar-refractivity contribution in [3.05, 3.63) is 46.6 Å². The third-order valence-corrected chi connectivity index (χ3v) is 5.39. The SMILES string of the molecule is O=c1c2ccc(N3CCOCC3)cc2oc2cc(N3CCOCC3)ccc12. The van der Waals surface area contributed by atoms with Gasteiger partial charge in [-0.05, 0) is 24.3 Å². The average molecular weight is 366 g/mol. The van der Waals surface area contributed by atoms with E-state index in [1.54, 1.807) is 0 Å². The third-order valence-electron chi connectivity index (χ3n) is 5.39. The molecule has 2 aliphatic heterocycles. The molecule has 3 heterocycles. The van der Waals surface area contributed by atoms with Crippen LogP contribution >= 0.6 is 0 Å². The van der Waals surface area contributed by atoms with Gasteiger partial charge >= 0.3 is 0 Å². The van der Waals surface area contributed by atoms with Crippen LogP contribution in [0.15, 0.2) is 45.6 Å². The quantitative estimate of drug-likeness (QED) is 0.650. The zero-order valence-corrected chi connectivity index (χ0v) is 15.1. The first-order valence-corrected chi connectivity index (χ1v) is 9.46. The Morgan fingerprint density at radius 2 is 1.11 bits per heavy atom. The van der Waals surface area contributed by atoms with Crippen LogP contribution in [0.25, 0.3) is 21.9 Å². The molecule has 0 aliphatic carbocycles. The Bertz CT molecular complexity index is 954. The molecule has 0 spiro atoms. The van der Waals surface area contributed by atoms with Gasteiger partial charge < -0.3 is 23.7 Å². The minimum Gasteiger partial charge on any atom is -0.456 e. The zero-order chi connectivity index (χ0) is 18.2. The van der Waals surface area contributed by atoms with Gasteiger partial charge in [-0.15, -0.1) is 0 Å². The Kier molecular flexibility index (Phi) is 4.22. The van der Waals surface area contributed by atoms with Gasteiger partial charge in [0.15, 0.2) is 0 Å². The first kappa shape index (κ1) is 16.6. The van der Waals surface area contributed by atoms with Crippen molar-refractivity contribution in [3.63, 3.8) is 0 Å². The molecular weight excluding hydrogens is 344 g/mol. The summed E-state index contributed by atoms with van der Waals surface area (Å²) in [6.45, 7) is 6.31. The molecule has 0 N–H and O–H groups in total. The normalized spacial score (nSPS) is 18.4. The van der Waals surface area contributed by atoms with E-state index in [0.717, 1.165) is 64.0 Å². The molecule has 2 saturated heterocycles. The fraction of sp³-hybridized carbons (Fsp3) is 0.381. The lowest BCUT2D eigenvalue weighted by Gasteiger charge is -2.29. The first-order chi connectivity index (χ1) is 13.3. The van der Waals surface area contributed by atoms with Gasteiger partial charge in [-0.2, -0.15) is 0 Å². The van der Waals surface area contributed by atoms with Gasteiger partial charge in [0.1, 0.15) is 11.2 Å².